The van der Waals surface area contributed by atoms with Gasteiger partial charge in [0.1, 0.15) is 12.4 Å². The molecule has 0 bridgehead atoms. The first-order valence-electron chi connectivity index (χ1n) is 8.75. The highest BCUT2D eigenvalue weighted by molar-refractivity contribution is 5.74. The first-order valence-corrected chi connectivity index (χ1v) is 8.75. The van der Waals surface area contributed by atoms with E-state index < -0.39 is 0 Å². The zero-order valence-electron chi connectivity index (χ0n) is 15.8. The number of urea groups is 1. The Morgan fingerprint density at radius 2 is 1.96 bits per heavy atom. The van der Waals surface area contributed by atoms with E-state index in [-0.39, 0.29) is 18.7 Å². The molecule has 5 nitrogen and oxygen atoms in total. The summed E-state index contributed by atoms with van der Waals surface area (Å²) in [5, 5.41) is 6.00. The fraction of sp³-hybridized carbons (Fsp3) is 0.550. The zero-order valence-corrected chi connectivity index (χ0v) is 15.8. The summed E-state index contributed by atoms with van der Waals surface area (Å²) in [6.45, 7) is 6.03. The molecule has 2 N–H and O–H groups in total. The third-order valence-electron chi connectivity index (χ3n) is 3.62. The van der Waals surface area contributed by atoms with Crippen LogP contribution in [0.1, 0.15) is 25.8 Å². The van der Waals surface area contributed by atoms with Gasteiger partial charge in [-0.25, -0.2) is 4.79 Å². The molecule has 1 unspecified atom stereocenters. The molecule has 5 heteroatoms. The highest BCUT2D eigenvalue weighted by atomic mass is 16.5. The van der Waals surface area contributed by atoms with Gasteiger partial charge < -0.3 is 20.3 Å². The van der Waals surface area contributed by atoms with Crippen molar-refractivity contribution in [2.24, 2.45) is 5.92 Å². The molecule has 1 rings (SSSR count). The van der Waals surface area contributed by atoms with Crippen molar-refractivity contribution < 1.29 is 9.53 Å². The van der Waals surface area contributed by atoms with Crippen LogP contribution in [0.15, 0.2) is 24.3 Å². The van der Waals surface area contributed by atoms with Crippen LogP contribution in [0.2, 0.25) is 0 Å². The number of carbonyl (C=O) groups excluding carboxylic acids is 1. The Labute approximate surface area is 152 Å². The van der Waals surface area contributed by atoms with E-state index in [1.165, 1.54) is 0 Å². The number of likely N-dealkylation sites (N-methyl/N-ethyl adjacent to an activating group) is 1. The third-order valence-corrected chi connectivity index (χ3v) is 3.62. The number of benzene rings is 1. The van der Waals surface area contributed by atoms with E-state index in [0.717, 1.165) is 30.7 Å². The van der Waals surface area contributed by atoms with Crippen molar-refractivity contribution in [1.29, 1.82) is 0 Å². The quantitative estimate of drug-likeness (QED) is 0.641. The summed E-state index contributed by atoms with van der Waals surface area (Å²) >= 11 is 0. The van der Waals surface area contributed by atoms with E-state index in [2.05, 4.69) is 35.3 Å². The molecule has 0 fully saturated rings. The van der Waals surface area contributed by atoms with Crippen LogP contribution in [-0.4, -0.2) is 50.8 Å². The van der Waals surface area contributed by atoms with Gasteiger partial charge in [-0.2, -0.15) is 0 Å². The van der Waals surface area contributed by atoms with Gasteiger partial charge in [0.2, 0.25) is 0 Å². The van der Waals surface area contributed by atoms with E-state index in [1.807, 2.05) is 38.4 Å². The molecule has 0 spiro atoms. The van der Waals surface area contributed by atoms with Crippen LogP contribution < -0.4 is 15.4 Å². The monoisotopic (exact) mass is 345 g/mol. The van der Waals surface area contributed by atoms with Crippen molar-refractivity contribution in [1.82, 2.24) is 15.5 Å². The van der Waals surface area contributed by atoms with Crippen molar-refractivity contribution in [3.63, 3.8) is 0 Å². The largest absolute Gasteiger partial charge is 0.481 e. The van der Waals surface area contributed by atoms with Gasteiger partial charge in [-0.3, -0.25) is 0 Å². The van der Waals surface area contributed by atoms with Gasteiger partial charge in [0.25, 0.3) is 0 Å². The minimum atomic E-state index is -0.110. The molecule has 25 heavy (non-hydrogen) atoms. The summed E-state index contributed by atoms with van der Waals surface area (Å²) in [4.78, 5) is 14.2. The number of ether oxygens (including phenoxy) is 1. The molecule has 0 radical (unpaired) electrons. The smallest absolute Gasteiger partial charge is 0.315 e. The molecular weight excluding hydrogens is 314 g/mol. The van der Waals surface area contributed by atoms with Crippen LogP contribution >= 0.6 is 0 Å². The summed E-state index contributed by atoms with van der Waals surface area (Å²) in [6, 6.07) is 7.80. The van der Waals surface area contributed by atoms with Crippen molar-refractivity contribution in [2.75, 3.05) is 33.8 Å². The Hall–Kier alpha value is -2.19. The number of hydrogen-bond acceptors (Lipinski definition) is 3. The summed E-state index contributed by atoms with van der Waals surface area (Å²) in [5.41, 5.74) is 1.14. The van der Waals surface area contributed by atoms with E-state index >= 15 is 0 Å². The summed E-state index contributed by atoms with van der Waals surface area (Å²) in [5.74, 6) is 3.74. The second-order valence-corrected chi connectivity index (χ2v) is 6.88. The second-order valence-electron chi connectivity index (χ2n) is 6.88. The maximum Gasteiger partial charge on any atom is 0.315 e. The van der Waals surface area contributed by atoms with E-state index in [0.29, 0.717) is 12.5 Å². The third kappa shape index (κ3) is 9.63. The standard InChI is InChI=1S/C20H31N3O2/c1-6-13-25-19-9-7-17(8-10-19)11-12-21-20(24)22-18(14-16(2)3)15-23(4)5/h1,7-10,16,18H,11-15H2,2-5H3,(H2,21,22,24). The van der Waals surface area contributed by atoms with Crippen molar-refractivity contribution in [2.45, 2.75) is 32.7 Å². The Bertz CT molecular complexity index is 537. The molecule has 1 aromatic rings. The number of hydrogen-bond donors (Lipinski definition) is 2. The maximum absolute atomic E-state index is 12.1. The predicted molar refractivity (Wildman–Crippen MR) is 103 cm³/mol. The lowest BCUT2D eigenvalue weighted by Gasteiger charge is -2.24. The molecule has 0 saturated carbocycles. The fourth-order valence-corrected chi connectivity index (χ4v) is 2.62. The van der Waals surface area contributed by atoms with Gasteiger partial charge in [-0.05, 0) is 50.6 Å². The average molecular weight is 345 g/mol. The van der Waals surface area contributed by atoms with Crippen LogP contribution in [0.25, 0.3) is 0 Å². The van der Waals surface area contributed by atoms with E-state index in [9.17, 15) is 4.79 Å². The molecule has 0 aliphatic rings. The van der Waals surface area contributed by atoms with Crippen LogP contribution in [0.3, 0.4) is 0 Å². The van der Waals surface area contributed by atoms with Crippen molar-refractivity contribution in [3.8, 4) is 18.1 Å². The highest BCUT2D eigenvalue weighted by Crippen LogP contribution is 2.12. The lowest BCUT2D eigenvalue weighted by Crippen LogP contribution is -2.47. The maximum atomic E-state index is 12.1. The summed E-state index contributed by atoms with van der Waals surface area (Å²) in [6.07, 6.45) is 6.90. The number of rotatable bonds is 10. The minimum absolute atomic E-state index is 0.110. The molecule has 0 aliphatic heterocycles. The van der Waals surface area contributed by atoms with Gasteiger partial charge in [-0.15, -0.1) is 6.42 Å². The number of terminal acetylenes is 1. The van der Waals surface area contributed by atoms with E-state index in [4.69, 9.17) is 11.2 Å². The molecule has 138 valence electrons. The molecule has 0 aliphatic carbocycles. The lowest BCUT2D eigenvalue weighted by molar-refractivity contribution is 0.229. The SMILES string of the molecule is C#CCOc1ccc(CCNC(=O)NC(CC(C)C)CN(C)C)cc1. The molecule has 1 atom stereocenters. The molecule has 0 heterocycles. The van der Waals surface area contributed by atoms with Crippen LogP contribution in [0.4, 0.5) is 4.79 Å². The van der Waals surface area contributed by atoms with E-state index in [1.54, 1.807) is 0 Å². The second kappa shape index (κ2) is 11.4. The fourth-order valence-electron chi connectivity index (χ4n) is 2.62. The molecule has 0 saturated heterocycles. The first kappa shape index (κ1) is 20.9. The highest BCUT2D eigenvalue weighted by Gasteiger charge is 2.14. The first-order chi connectivity index (χ1) is 11.9. The van der Waals surface area contributed by atoms with Crippen LogP contribution in [0.5, 0.6) is 5.75 Å². The number of carbonyl (C=O) groups is 1. The number of nitrogens with zero attached hydrogens (tertiary/aromatic N) is 1. The average Bonchev–Trinajstić information content (AvgIpc) is 2.52. The van der Waals surface area contributed by atoms with Crippen molar-refractivity contribution in [3.05, 3.63) is 29.8 Å². The lowest BCUT2D eigenvalue weighted by atomic mass is 10.0. The topological polar surface area (TPSA) is 53.6 Å². The van der Waals surface area contributed by atoms with Gasteiger partial charge in [-0.1, -0.05) is 31.9 Å². The van der Waals surface area contributed by atoms with Crippen LogP contribution in [0, 0.1) is 18.3 Å². The van der Waals surface area contributed by atoms with Crippen LogP contribution in [-0.2, 0) is 6.42 Å². The molecular formula is C20H31N3O2. The normalized spacial score (nSPS) is 11.9. The molecule has 2 amide bonds. The number of amides is 2. The Kier molecular flexibility index (Phi) is 9.49. The van der Waals surface area contributed by atoms with Gasteiger partial charge in [0.15, 0.2) is 0 Å². The minimum Gasteiger partial charge on any atom is -0.481 e. The molecule has 0 aromatic heterocycles. The number of nitrogens with one attached hydrogen (secondary N) is 2. The summed E-state index contributed by atoms with van der Waals surface area (Å²) in [7, 11) is 4.04. The van der Waals surface area contributed by atoms with Gasteiger partial charge in [0.05, 0.1) is 0 Å². The Balaban J connectivity index is 2.36. The van der Waals surface area contributed by atoms with Gasteiger partial charge >= 0.3 is 6.03 Å². The van der Waals surface area contributed by atoms with Gasteiger partial charge in [0, 0.05) is 19.1 Å². The predicted octanol–water partition coefficient (Wildman–Crippen LogP) is 2.52. The summed E-state index contributed by atoms with van der Waals surface area (Å²) < 4.78 is 5.34. The Morgan fingerprint density at radius 3 is 2.52 bits per heavy atom. The molecule has 1 aromatic carbocycles. The zero-order chi connectivity index (χ0) is 18.7. The Morgan fingerprint density at radius 1 is 1.28 bits per heavy atom. The van der Waals surface area contributed by atoms with Crippen molar-refractivity contribution >= 4 is 6.03 Å².